The summed E-state index contributed by atoms with van der Waals surface area (Å²) in [5.74, 6) is 0.0580. The third-order valence-corrected chi connectivity index (χ3v) is 5.90. The summed E-state index contributed by atoms with van der Waals surface area (Å²) in [7, 11) is 0. The maximum absolute atomic E-state index is 12.7. The number of anilines is 1. The predicted molar refractivity (Wildman–Crippen MR) is 107 cm³/mol. The van der Waals surface area contributed by atoms with Gasteiger partial charge in [0.2, 0.25) is 0 Å². The Bertz CT molecular complexity index is 793. The molecule has 0 radical (unpaired) electrons. The quantitative estimate of drug-likeness (QED) is 0.905. The van der Waals surface area contributed by atoms with Crippen molar-refractivity contribution >= 4 is 11.6 Å². The van der Waals surface area contributed by atoms with Crippen LogP contribution in [0.1, 0.15) is 34.6 Å². The van der Waals surface area contributed by atoms with Gasteiger partial charge in [-0.3, -0.25) is 14.8 Å². The van der Waals surface area contributed by atoms with Gasteiger partial charge in [0.1, 0.15) is 5.69 Å². The highest BCUT2D eigenvalue weighted by atomic mass is 16.2. The number of benzene rings is 1. The molecule has 2 aliphatic heterocycles. The van der Waals surface area contributed by atoms with E-state index in [2.05, 4.69) is 51.2 Å². The Hall–Kier alpha value is -2.34. The lowest BCUT2D eigenvalue weighted by atomic mass is 10.0. The van der Waals surface area contributed by atoms with Crippen molar-refractivity contribution in [2.75, 3.05) is 44.2 Å². The van der Waals surface area contributed by atoms with Gasteiger partial charge in [0.25, 0.3) is 5.91 Å². The van der Waals surface area contributed by atoms with Crippen LogP contribution in [0.25, 0.3) is 0 Å². The fourth-order valence-electron chi connectivity index (χ4n) is 4.37. The molecule has 27 heavy (non-hydrogen) atoms. The van der Waals surface area contributed by atoms with Gasteiger partial charge in [0.15, 0.2) is 0 Å². The Morgan fingerprint density at radius 2 is 1.89 bits per heavy atom. The summed E-state index contributed by atoms with van der Waals surface area (Å²) in [6, 6.07) is 10.9. The third-order valence-electron chi connectivity index (χ3n) is 5.90. The highest BCUT2D eigenvalue weighted by molar-refractivity contribution is 5.92. The van der Waals surface area contributed by atoms with Gasteiger partial charge >= 0.3 is 0 Å². The molecule has 0 saturated carbocycles. The smallest absolute Gasteiger partial charge is 0.274 e. The van der Waals surface area contributed by atoms with Gasteiger partial charge in [-0.2, -0.15) is 5.10 Å². The lowest BCUT2D eigenvalue weighted by molar-refractivity contribution is 0.0558. The molecule has 2 fully saturated rings. The van der Waals surface area contributed by atoms with Crippen molar-refractivity contribution in [3.63, 3.8) is 0 Å². The molecule has 0 spiro atoms. The number of nitrogens with zero attached hydrogens (tertiary/aromatic N) is 4. The molecule has 0 bridgehead atoms. The molecular weight excluding hydrogens is 338 g/mol. The minimum absolute atomic E-state index is 0.0580. The summed E-state index contributed by atoms with van der Waals surface area (Å²) >= 11 is 0. The van der Waals surface area contributed by atoms with Crippen molar-refractivity contribution in [3.05, 3.63) is 47.3 Å². The van der Waals surface area contributed by atoms with E-state index in [1.165, 1.54) is 17.7 Å². The van der Waals surface area contributed by atoms with E-state index in [0.29, 0.717) is 11.7 Å². The van der Waals surface area contributed by atoms with Crippen molar-refractivity contribution in [3.8, 4) is 0 Å². The second-order valence-corrected chi connectivity index (χ2v) is 7.79. The van der Waals surface area contributed by atoms with Crippen LogP contribution in [0, 0.1) is 13.8 Å². The number of carbonyl (C=O) groups is 1. The van der Waals surface area contributed by atoms with Gasteiger partial charge in [0.05, 0.1) is 0 Å². The zero-order valence-corrected chi connectivity index (χ0v) is 16.3. The molecule has 6 nitrogen and oxygen atoms in total. The Kier molecular flexibility index (Phi) is 5.16. The molecule has 6 heteroatoms. The number of hydrogen-bond donors (Lipinski definition) is 1. The first-order valence-corrected chi connectivity index (χ1v) is 9.98. The average Bonchev–Trinajstić information content (AvgIpc) is 3.14. The van der Waals surface area contributed by atoms with Crippen LogP contribution < -0.4 is 4.90 Å². The fourth-order valence-corrected chi connectivity index (χ4v) is 4.37. The van der Waals surface area contributed by atoms with Crippen molar-refractivity contribution < 1.29 is 4.79 Å². The molecular formula is C21H29N5O. The molecule has 1 aromatic heterocycles. The van der Waals surface area contributed by atoms with E-state index in [4.69, 9.17) is 0 Å². The largest absolute Gasteiger partial charge is 0.369 e. The van der Waals surface area contributed by atoms with Gasteiger partial charge in [-0.1, -0.05) is 18.2 Å². The lowest BCUT2D eigenvalue weighted by Crippen LogP contribution is -2.56. The van der Waals surface area contributed by atoms with E-state index in [1.54, 1.807) is 0 Å². The molecule has 0 unspecified atom stereocenters. The number of para-hydroxylation sites is 1. The van der Waals surface area contributed by atoms with Crippen LogP contribution in [-0.2, 0) is 0 Å². The number of amides is 1. The van der Waals surface area contributed by atoms with E-state index >= 15 is 0 Å². The highest BCUT2D eigenvalue weighted by Gasteiger charge is 2.31. The van der Waals surface area contributed by atoms with Gasteiger partial charge in [-0.25, -0.2) is 0 Å². The van der Waals surface area contributed by atoms with Crippen LogP contribution in [0.15, 0.2) is 30.3 Å². The number of aryl methyl sites for hydroxylation is 2. The van der Waals surface area contributed by atoms with Crippen molar-refractivity contribution in [1.29, 1.82) is 0 Å². The lowest BCUT2D eigenvalue weighted by Gasteiger charge is -2.44. The van der Waals surface area contributed by atoms with Crippen LogP contribution in [0.2, 0.25) is 0 Å². The fraction of sp³-hybridized carbons (Fsp3) is 0.524. The van der Waals surface area contributed by atoms with Gasteiger partial charge in [-0.05, 0) is 44.4 Å². The standard InChI is InChI=1S/C21H29N5O/c1-16-6-3-4-8-20(16)25-12-10-24(11-13-25)18-7-5-9-26(15-18)21(27)19-14-17(2)22-23-19/h3-4,6,8,14,18H,5,7,9-13,15H2,1-2H3,(H,22,23)/t18-/m0/s1. The monoisotopic (exact) mass is 367 g/mol. The molecule has 1 atom stereocenters. The summed E-state index contributed by atoms with van der Waals surface area (Å²) in [6.45, 7) is 9.98. The summed E-state index contributed by atoms with van der Waals surface area (Å²) in [6.07, 6.45) is 2.24. The summed E-state index contributed by atoms with van der Waals surface area (Å²) in [5.41, 5.74) is 4.16. The highest BCUT2D eigenvalue weighted by Crippen LogP contribution is 2.24. The van der Waals surface area contributed by atoms with Gasteiger partial charge in [0, 0.05) is 56.7 Å². The van der Waals surface area contributed by atoms with Crippen LogP contribution in [0.5, 0.6) is 0 Å². The number of aromatic amines is 1. The van der Waals surface area contributed by atoms with Gasteiger partial charge < -0.3 is 9.80 Å². The van der Waals surface area contributed by atoms with E-state index in [1.807, 2.05) is 17.9 Å². The number of aromatic nitrogens is 2. The number of piperidine rings is 1. The SMILES string of the molecule is Cc1cc(C(=O)N2CCC[C@H](N3CCN(c4ccccc4C)CC3)C2)n[nH]1. The molecule has 0 aliphatic carbocycles. The maximum Gasteiger partial charge on any atom is 0.274 e. The van der Waals surface area contributed by atoms with Crippen LogP contribution in [-0.4, -0.2) is 71.2 Å². The Morgan fingerprint density at radius 3 is 2.59 bits per heavy atom. The first kappa shape index (κ1) is 18.0. The van der Waals surface area contributed by atoms with E-state index in [-0.39, 0.29) is 5.91 Å². The Labute approximate surface area is 161 Å². The minimum Gasteiger partial charge on any atom is -0.369 e. The molecule has 3 heterocycles. The van der Waals surface area contributed by atoms with Crippen molar-refractivity contribution in [2.45, 2.75) is 32.7 Å². The molecule has 1 amide bonds. The number of rotatable bonds is 3. The normalized spacial score (nSPS) is 21.5. The molecule has 144 valence electrons. The molecule has 2 saturated heterocycles. The third kappa shape index (κ3) is 3.86. The number of nitrogens with one attached hydrogen (secondary N) is 1. The summed E-state index contributed by atoms with van der Waals surface area (Å²) in [5, 5.41) is 7.02. The van der Waals surface area contributed by atoms with Crippen LogP contribution >= 0.6 is 0 Å². The number of piperazine rings is 1. The van der Waals surface area contributed by atoms with Crippen LogP contribution in [0.4, 0.5) is 5.69 Å². The maximum atomic E-state index is 12.7. The average molecular weight is 367 g/mol. The van der Waals surface area contributed by atoms with Crippen molar-refractivity contribution in [2.24, 2.45) is 0 Å². The molecule has 1 N–H and O–H groups in total. The van der Waals surface area contributed by atoms with E-state index in [9.17, 15) is 4.79 Å². The number of carbonyl (C=O) groups excluding carboxylic acids is 1. The van der Waals surface area contributed by atoms with Crippen LogP contribution in [0.3, 0.4) is 0 Å². The first-order chi connectivity index (χ1) is 13.1. The zero-order chi connectivity index (χ0) is 18.8. The zero-order valence-electron chi connectivity index (χ0n) is 16.3. The Balaban J connectivity index is 1.36. The second kappa shape index (κ2) is 7.72. The summed E-state index contributed by atoms with van der Waals surface area (Å²) in [4.78, 5) is 19.8. The predicted octanol–water partition coefficient (Wildman–Crippen LogP) is 2.45. The Morgan fingerprint density at radius 1 is 1.11 bits per heavy atom. The second-order valence-electron chi connectivity index (χ2n) is 7.79. The number of likely N-dealkylation sites (tertiary alicyclic amines) is 1. The van der Waals surface area contributed by atoms with Gasteiger partial charge in [-0.15, -0.1) is 0 Å². The molecule has 1 aromatic carbocycles. The minimum atomic E-state index is 0.0580. The number of H-pyrrole nitrogens is 1. The molecule has 2 aliphatic rings. The molecule has 2 aromatic rings. The van der Waals surface area contributed by atoms with E-state index < -0.39 is 0 Å². The molecule has 4 rings (SSSR count). The topological polar surface area (TPSA) is 55.5 Å². The van der Waals surface area contributed by atoms with E-state index in [0.717, 1.165) is 51.4 Å². The summed E-state index contributed by atoms with van der Waals surface area (Å²) < 4.78 is 0. The first-order valence-electron chi connectivity index (χ1n) is 9.98. The number of hydrogen-bond acceptors (Lipinski definition) is 4. The van der Waals surface area contributed by atoms with Crippen molar-refractivity contribution in [1.82, 2.24) is 20.0 Å².